The Morgan fingerprint density at radius 2 is 1.96 bits per heavy atom. The molecule has 0 unspecified atom stereocenters. The zero-order valence-electron chi connectivity index (χ0n) is 14.9. The van der Waals surface area contributed by atoms with Crippen LogP contribution in [0.2, 0.25) is 0 Å². The maximum absolute atomic E-state index is 12.5. The first kappa shape index (κ1) is 19.8. The maximum atomic E-state index is 12.5. The van der Waals surface area contributed by atoms with E-state index in [4.69, 9.17) is 9.57 Å². The molecule has 1 aromatic heterocycles. The second-order valence-corrected chi connectivity index (χ2v) is 6.03. The molecule has 0 aliphatic carbocycles. The molecular formula is C17H17F3N4O4. The third-order valence-corrected chi connectivity index (χ3v) is 3.91. The molecule has 150 valence electrons. The predicted octanol–water partition coefficient (Wildman–Crippen LogP) is 2.16. The molecule has 3 rings (SSSR count). The standard InChI is InChI=1S/C17H17F3N4O4/c1-26-6-7-27-22-13-9-24(10-13)14(25)8-11-2-4-12(5-3-11)15-21-16(28-23-15)17(18,19)20/h2-5H,6-10H2,1H3. The van der Waals surface area contributed by atoms with Gasteiger partial charge in [-0.2, -0.15) is 18.2 Å². The molecule has 11 heteroatoms. The van der Waals surface area contributed by atoms with Crippen molar-refractivity contribution in [3.8, 4) is 11.4 Å². The lowest BCUT2D eigenvalue weighted by Gasteiger charge is -2.32. The Morgan fingerprint density at radius 3 is 2.57 bits per heavy atom. The zero-order valence-corrected chi connectivity index (χ0v) is 14.9. The van der Waals surface area contributed by atoms with E-state index < -0.39 is 12.1 Å². The summed E-state index contributed by atoms with van der Waals surface area (Å²) in [5.41, 5.74) is 1.86. The van der Waals surface area contributed by atoms with E-state index in [1.54, 1.807) is 36.3 Å². The molecule has 0 saturated carbocycles. The second-order valence-electron chi connectivity index (χ2n) is 6.03. The van der Waals surface area contributed by atoms with Crippen LogP contribution in [-0.2, 0) is 27.0 Å². The van der Waals surface area contributed by atoms with Crippen LogP contribution in [0, 0.1) is 0 Å². The Kier molecular flexibility index (Phi) is 5.93. The van der Waals surface area contributed by atoms with Crippen LogP contribution in [0.25, 0.3) is 11.4 Å². The summed E-state index contributed by atoms with van der Waals surface area (Å²) in [6, 6.07) is 6.36. The minimum absolute atomic E-state index is 0.0810. The summed E-state index contributed by atoms with van der Waals surface area (Å²) in [7, 11) is 1.56. The van der Waals surface area contributed by atoms with Crippen LogP contribution in [0.4, 0.5) is 13.2 Å². The number of rotatable bonds is 7. The number of carbonyl (C=O) groups is 1. The highest BCUT2D eigenvalue weighted by atomic mass is 19.4. The van der Waals surface area contributed by atoms with Gasteiger partial charge in [0.15, 0.2) is 0 Å². The van der Waals surface area contributed by atoms with E-state index in [1.807, 2.05) is 0 Å². The molecule has 0 atom stereocenters. The number of ether oxygens (including phenoxy) is 1. The first-order chi connectivity index (χ1) is 13.4. The topological polar surface area (TPSA) is 90.1 Å². The van der Waals surface area contributed by atoms with Crippen molar-refractivity contribution < 1.29 is 32.1 Å². The number of amides is 1. The Hall–Kier alpha value is -2.95. The molecule has 1 aliphatic rings. The van der Waals surface area contributed by atoms with Gasteiger partial charge < -0.3 is 19.0 Å². The van der Waals surface area contributed by atoms with E-state index in [0.29, 0.717) is 31.9 Å². The van der Waals surface area contributed by atoms with Crippen molar-refractivity contribution in [1.29, 1.82) is 0 Å². The summed E-state index contributed by atoms with van der Waals surface area (Å²) in [6.45, 7) is 1.61. The molecule has 1 aromatic carbocycles. The number of nitrogens with zero attached hydrogens (tertiary/aromatic N) is 4. The average molecular weight is 398 g/mol. The predicted molar refractivity (Wildman–Crippen MR) is 90.3 cm³/mol. The summed E-state index contributed by atoms with van der Waals surface area (Å²) in [5, 5.41) is 7.24. The van der Waals surface area contributed by atoms with E-state index in [2.05, 4.69) is 19.8 Å². The van der Waals surface area contributed by atoms with Gasteiger partial charge in [0.05, 0.1) is 31.8 Å². The molecule has 1 fully saturated rings. The van der Waals surface area contributed by atoms with Crippen molar-refractivity contribution in [3.05, 3.63) is 35.7 Å². The second kappa shape index (κ2) is 8.38. The Bertz CT molecular complexity index is 841. The summed E-state index contributed by atoms with van der Waals surface area (Å²) in [5.74, 6) is -1.65. The number of oxime groups is 1. The van der Waals surface area contributed by atoms with Crippen molar-refractivity contribution in [2.24, 2.45) is 5.16 Å². The molecule has 2 heterocycles. The van der Waals surface area contributed by atoms with Gasteiger partial charge in [-0.3, -0.25) is 4.79 Å². The molecular weight excluding hydrogens is 381 g/mol. The fraction of sp³-hybridized carbons (Fsp3) is 0.412. The average Bonchev–Trinajstić information content (AvgIpc) is 3.11. The normalized spacial score (nSPS) is 14.0. The zero-order chi connectivity index (χ0) is 20.1. The summed E-state index contributed by atoms with van der Waals surface area (Å²) in [4.78, 5) is 22.2. The van der Waals surface area contributed by atoms with Gasteiger partial charge >= 0.3 is 12.1 Å². The maximum Gasteiger partial charge on any atom is 0.471 e. The van der Waals surface area contributed by atoms with Crippen molar-refractivity contribution in [2.45, 2.75) is 12.6 Å². The number of benzene rings is 1. The number of carbonyl (C=O) groups excluding carboxylic acids is 1. The van der Waals surface area contributed by atoms with Crippen LogP contribution in [0.5, 0.6) is 0 Å². The summed E-state index contributed by atoms with van der Waals surface area (Å²) >= 11 is 0. The highest BCUT2D eigenvalue weighted by Gasteiger charge is 2.38. The lowest BCUT2D eigenvalue weighted by molar-refractivity contribution is -0.159. The quantitative estimate of drug-likeness (QED) is 0.525. The van der Waals surface area contributed by atoms with Crippen molar-refractivity contribution in [1.82, 2.24) is 15.0 Å². The molecule has 8 nitrogen and oxygen atoms in total. The molecule has 2 aromatic rings. The van der Waals surface area contributed by atoms with Gasteiger partial charge in [0.25, 0.3) is 0 Å². The molecule has 1 amide bonds. The Morgan fingerprint density at radius 1 is 1.25 bits per heavy atom. The number of halogens is 3. The van der Waals surface area contributed by atoms with Crippen LogP contribution >= 0.6 is 0 Å². The van der Waals surface area contributed by atoms with E-state index in [1.165, 1.54) is 0 Å². The number of methoxy groups -OCH3 is 1. The summed E-state index contributed by atoms with van der Waals surface area (Å²) in [6.07, 6.45) is -4.52. The highest BCUT2D eigenvalue weighted by molar-refractivity contribution is 5.99. The number of aromatic nitrogens is 2. The van der Waals surface area contributed by atoms with Gasteiger partial charge in [-0.15, -0.1) is 0 Å². The third kappa shape index (κ3) is 4.85. The van der Waals surface area contributed by atoms with Gasteiger partial charge in [-0.05, 0) is 5.56 Å². The van der Waals surface area contributed by atoms with Crippen LogP contribution < -0.4 is 0 Å². The molecule has 0 spiro atoms. The van der Waals surface area contributed by atoms with E-state index in [-0.39, 0.29) is 18.2 Å². The van der Waals surface area contributed by atoms with Crippen LogP contribution in [0.3, 0.4) is 0 Å². The van der Waals surface area contributed by atoms with Gasteiger partial charge in [0.2, 0.25) is 11.7 Å². The number of hydrogen-bond donors (Lipinski definition) is 0. The number of alkyl halides is 3. The van der Waals surface area contributed by atoms with E-state index in [9.17, 15) is 18.0 Å². The SMILES string of the molecule is COCCON=C1CN(C(=O)Cc2ccc(-c3noc(C(F)(F)F)n3)cc2)C1. The lowest BCUT2D eigenvalue weighted by Crippen LogP contribution is -2.51. The van der Waals surface area contributed by atoms with Crippen LogP contribution in [-0.4, -0.2) is 60.1 Å². The molecule has 0 radical (unpaired) electrons. The van der Waals surface area contributed by atoms with Gasteiger partial charge in [0, 0.05) is 12.7 Å². The molecule has 0 N–H and O–H groups in total. The molecule has 1 saturated heterocycles. The van der Waals surface area contributed by atoms with E-state index in [0.717, 1.165) is 11.3 Å². The van der Waals surface area contributed by atoms with Gasteiger partial charge in [0.1, 0.15) is 6.61 Å². The van der Waals surface area contributed by atoms with Crippen molar-refractivity contribution in [2.75, 3.05) is 33.4 Å². The smallest absolute Gasteiger partial charge is 0.393 e. The lowest BCUT2D eigenvalue weighted by atomic mass is 10.1. The number of likely N-dealkylation sites (tertiary alicyclic amines) is 1. The molecule has 28 heavy (non-hydrogen) atoms. The monoisotopic (exact) mass is 398 g/mol. The fourth-order valence-electron chi connectivity index (χ4n) is 2.40. The first-order valence-corrected chi connectivity index (χ1v) is 8.31. The minimum Gasteiger partial charge on any atom is -0.393 e. The molecule has 0 bridgehead atoms. The fourth-order valence-corrected chi connectivity index (χ4v) is 2.40. The van der Waals surface area contributed by atoms with Crippen LogP contribution in [0.15, 0.2) is 33.9 Å². The van der Waals surface area contributed by atoms with Crippen LogP contribution in [0.1, 0.15) is 11.5 Å². The Balaban J connectivity index is 1.51. The third-order valence-electron chi connectivity index (χ3n) is 3.91. The van der Waals surface area contributed by atoms with Crippen molar-refractivity contribution in [3.63, 3.8) is 0 Å². The van der Waals surface area contributed by atoms with E-state index >= 15 is 0 Å². The summed E-state index contributed by atoms with van der Waals surface area (Å²) < 4.78 is 46.6. The molecule has 1 aliphatic heterocycles. The van der Waals surface area contributed by atoms with Crippen molar-refractivity contribution >= 4 is 11.6 Å². The number of hydrogen-bond acceptors (Lipinski definition) is 7. The largest absolute Gasteiger partial charge is 0.471 e. The minimum atomic E-state index is -4.69. The first-order valence-electron chi connectivity index (χ1n) is 8.31. The Labute approximate surface area is 157 Å². The highest BCUT2D eigenvalue weighted by Crippen LogP contribution is 2.29. The van der Waals surface area contributed by atoms with Gasteiger partial charge in [-0.1, -0.05) is 34.6 Å². The van der Waals surface area contributed by atoms with Gasteiger partial charge in [-0.25, -0.2) is 0 Å².